The first-order chi connectivity index (χ1) is 12.1. The minimum atomic E-state index is -0.313. The zero-order valence-corrected chi connectivity index (χ0v) is 15.2. The normalized spacial score (nSPS) is 16.1. The number of hydrogen-bond acceptors (Lipinski definition) is 3. The van der Waals surface area contributed by atoms with Crippen LogP contribution < -0.4 is 15.4 Å². The number of carbonyl (C=O) groups excluding carboxylic acids is 1. The summed E-state index contributed by atoms with van der Waals surface area (Å²) in [6.45, 7) is 1.89. The molecular formula is C20H23ClN2O2. The molecule has 0 aliphatic heterocycles. The van der Waals surface area contributed by atoms with Crippen LogP contribution in [0.15, 0.2) is 48.5 Å². The van der Waals surface area contributed by atoms with E-state index in [4.69, 9.17) is 16.3 Å². The molecule has 1 amide bonds. The number of rotatable bonds is 7. The van der Waals surface area contributed by atoms with Crippen LogP contribution in [-0.2, 0) is 4.79 Å². The van der Waals surface area contributed by atoms with Crippen molar-refractivity contribution < 1.29 is 9.53 Å². The van der Waals surface area contributed by atoms with Crippen molar-refractivity contribution in [1.29, 1.82) is 0 Å². The van der Waals surface area contributed by atoms with Crippen LogP contribution in [0.4, 0.5) is 5.69 Å². The molecule has 5 heteroatoms. The quantitative estimate of drug-likeness (QED) is 0.770. The number of carbonyl (C=O) groups is 1. The molecule has 0 radical (unpaired) electrons. The van der Waals surface area contributed by atoms with E-state index in [0.29, 0.717) is 16.6 Å². The van der Waals surface area contributed by atoms with Gasteiger partial charge in [-0.25, -0.2) is 0 Å². The Morgan fingerprint density at radius 1 is 1.20 bits per heavy atom. The second-order valence-corrected chi connectivity index (χ2v) is 6.91. The standard InChI is InChI=1S/C20H23ClN2O2/c1-13(20(24)23-17-5-3-4-16(21)12-17)22-19(14-6-7-14)15-8-10-18(25-2)11-9-15/h3-5,8-14,19,22H,6-7H2,1-2H3,(H,23,24). The second kappa shape index (κ2) is 7.89. The molecule has 1 aliphatic rings. The summed E-state index contributed by atoms with van der Waals surface area (Å²) in [5.74, 6) is 1.35. The van der Waals surface area contributed by atoms with E-state index in [2.05, 4.69) is 22.8 Å². The average Bonchev–Trinajstić information content (AvgIpc) is 3.44. The van der Waals surface area contributed by atoms with Crippen LogP contribution in [0.3, 0.4) is 0 Å². The summed E-state index contributed by atoms with van der Waals surface area (Å²) in [6, 6.07) is 15.1. The van der Waals surface area contributed by atoms with Gasteiger partial charge in [0.25, 0.3) is 0 Å². The maximum atomic E-state index is 12.5. The number of anilines is 1. The number of hydrogen-bond donors (Lipinski definition) is 2. The van der Waals surface area contributed by atoms with Gasteiger partial charge in [0.1, 0.15) is 5.75 Å². The van der Waals surface area contributed by atoms with E-state index in [0.717, 1.165) is 5.75 Å². The number of methoxy groups -OCH3 is 1. The molecule has 25 heavy (non-hydrogen) atoms. The molecule has 2 N–H and O–H groups in total. The van der Waals surface area contributed by atoms with Gasteiger partial charge >= 0.3 is 0 Å². The monoisotopic (exact) mass is 358 g/mol. The highest BCUT2D eigenvalue weighted by Gasteiger charge is 2.34. The predicted octanol–water partition coefficient (Wildman–Crippen LogP) is 4.42. The van der Waals surface area contributed by atoms with Crippen LogP contribution in [0.2, 0.25) is 5.02 Å². The van der Waals surface area contributed by atoms with Crippen molar-refractivity contribution in [2.45, 2.75) is 31.8 Å². The summed E-state index contributed by atoms with van der Waals surface area (Å²) >= 11 is 5.97. The van der Waals surface area contributed by atoms with Crippen molar-refractivity contribution >= 4 is 23.2 Å². The topological polar surface area (TPSA) is 50.4 Å². The van der Waals surface area contributed by atoms with Crippen LogP contribution in [0.5, 0.6) is 5.75 Å². The van der Waals surface area contributed by atoms with E-state index in [9.17, 15) is 4.79 Å². The number of amides is 1. The van der Waals surface area contributed by atoms with Gasteiger partial charge in [0.2, 0.25) is 5.91 Å². The van der Waals surface area contributed by atoms with Gasteiger partial charge in [-0.15, -0.1) is 0 Å². The van der Waals surface area contributed by atoms with Crippen LogP contribution >= 0.6 is 11.6 Å². The summed E-state index contributed by atoms with van der Waals surface area (Å²) in [6.07, 6.45) is 2.37. The summed E-state index contributed by atoms with van der Waals surface area (Å²) < 4.78 is 5.23. The van der Waals surface area contributed by atoms with Gasteiger partial charge in [-0.2, -0.15) is 0 Å². The molecule has 3 rings (SSSR count). The lowest BCUT2D eigenvalue weighted by Crippen LogP contribution is -2.40. The first-order valence-corrected chi connectivity index (χ1v) is 8.91. The van der Waals surface area contributed by atoms with Gasteiger partial charge in [0.15, 0.2) is 0 Å². The van der Waals surface area contributed by atoms with Crippen LogP contribution in [0.1, 0.15) is 31.4 Å². The van der Waals surface area contributed by atoms with E-state index < -0.39 is 0 Å². The van der Waals surface area contributed by atoms with Crippen LogP contribution in [0, 0.1) is 5.92 Å². The fourth-order valence-corrected chi connectivity index (χ4v) is 3.10. The third-order valence-electron chi connectivity index (χ3n) is 4.48. The molecule has 2 unspecified atom stereocenters. The number of benzene rings is 2. The maximum absolute atomic E-state index is 12.5. The Hall–Kier alpha value is -2.04. The van der Waals surface area contributed by atoms with Crippen LogP contribution in [0.25, 0.3) is 0 Å². The lowest BCUT2D eigenvalue weighted by molar-refractivity contribution is -0.118. The molecule has 2 atom stereocenters. The van der Waals surface area contributed by atoms with Gasteiger partial charge in [-0.1, -0.05) is 29.8 Å². The van der Waals surface area contributed by atoms with E-state index in [1.165, 1.54) is 18.4 Å². The van der Waals surface area contributed by atoms with Gasteiger partial charge < -0.3 is 10.1 Å². The summed E-state index contributed by atoms with van der Waals surface area (Å²) in [5, 5.41) is 7.00. The molecule has 0 spiro atoms. The van der Waals surface area contributed by atoms with Gasteiger partial charge in [0, 0.05) is 16.8 Å². The average molecular weight is 359 g/mol. The number of nitrogens with one attached hydrogen (secondary N) is 2. The van der Waals surface area contributed by atoms with E-state index >= 15 is 0 Å². The zero-order chi connectivity index (χ0) is 17.8. The first-order valence-electron chi connectivity index (χ1n) is 8.53. The molecule has 4 nitrogen and oxygen atoms in total. The highest BCUT2D eigenvalue weighted by Crippen LogP contribution is 2.41. The Balaban J connectivity index is 1.65. The van der Waals surface area contributed by atoms with E-state index in [1.807, 2.05) is 31.2 Å². The lowest BCUT2D eigenvalue weighted by Gasteiger charge is -2.23. The first kappa shape index (κ1) is 17.8. The fraction of sp³-hybridized carbons (Fsp3) is 0.350. The van der Waals surface area contributed by atoms with Crippen molar-refractivity contribution in [2.75, 3.05) is 12.4 Å². The van der Waals surface area contributed by atoms with E-state index in [1.54, 1.807) is 19.2 Å². The fourth-order valence-electron chi connectivity index (χ4n) is 2.91. The second-order valence-electron chi connectivity index (χ2n) is 6.48. The summed E-state index contributed by atoms with van der Waals surface area (Å²) in [5.41, 5.74) is 1.89. The largest absolute Gasteiger partial charge is 0.497 e. The predicted molar refractivity (Wildman–Crippen MR) is 101 cm³/mol. The highest BCUT2D eigenvalue weighted by atomic mass is 35.5. The Labute approximate surface area is 153 Å². The molecule has 0 bridgehead atoms. The SMILES string of the molecule is COc1ccc(C(NC(C)C(=O)Nc2cccc(Cl)c2)C2CC2)cc1. The summed E-state index contributed by atoms with van der Waals surface area (Å²) in [4.78, 5) is 12.5. The smallest absolute Gasteiger partial charge is 0.241 e. The molecule has 132 valence electrons. The number of halogens is 1. The molecule has 1 fully saturated rings. The van der Waals surface area contributed by atoms with Crippen molar-refractivity contribution in [1.82, 2.24) is 5.32 Å². The molecule has 1 aliphatic carbocycles. The van der Waals surface area contributed by atoms with Gasteiger partial charge in [-0.05, 0) is 61.6 Å². The van der Waals surface area contributed by atoms with Crippen LogP contribution in [-0.4, -0.2) is 19.1 Å². The Morgan fingerprint density at radius 2 is 1.92 bits per heavy atom. The Kier molecular flexibility index (Phi) is 5.61. The van der Waals surface area contributed by atoms with Crippen molar-refractivity contribution in [3.05, 3.63) is 59.1 Å². The molecule has 0 aromatic heterocycles. The third kappa shape index (κ3) is 4.74. The highest BCUT2D eigenvalue weighted by molar-refractivity contribution is 6.30. The molecular weight excluding hydrogens is 336 g/mol. The molecule has 1 saturated carbocycles. The van der Waals surface area contributed by atoms with Crippen molar-refractivity contribution in [3.8, 4) is 5.75 Å². The minimum Gasteiger partial charge on any atom is -0.497 e. The van der Waals surface area contributed by atoms with Crippen molar-refractivity contribution in [2.24, 2.45) is 5.92 Å². The summed E-state index contributed by atoms with van der Waals surface area (Å²) in [7, 11) is 1.66. The van der Waals surface area contributed by atoms with E-state index in [-0.39, 0.29) is 18.0 Å². The molecule has 2 aromatic carbocycles. The third-order valence-corrected chi connectivity index (χ3v) is 4.72. The lowest BCUT2D eigenvalue weighted by atomic mass is 10.0. The Bertz CT molecular complexity index is 729. The van der Waals surface area contributed by atoms with Gasteiger partial charge in [-0.3, -0.25) is 10.1 Å². The number of ether oxygens (including phenoxy) is 1. The maximum Gasteiger partial charge on any atom is 0.241 e. The molecule has 0 heterocycles. The minimum absolute atomic E-state index is 0.0681. The van der Waals surface area contributed by atoms with Gasteiger partial charge in [0.05, 0.1) is 13.2 Å². The van der Waals surface area contributed by atoms with Crippen molar-refractivity contribution in [3.63, 3.8) is 0 Å². The molecule has 0 saturated heterocycles. The molecule has 2 aromatic rings. The Morgan fingerprint density at radius 3 is 2.52 bits per heavy atom. The zero-order valence-electron chi connectivity index (χ0n) is 14.5.